The van der Waals surface area contributed by atoms with Crippen LogP contribution in [0.3, 0.4) is 0 Å². The molecule has 1 unspecified atom stereocenters. The molecule has 2 N–H and O–H groups in total. The molecule has 1 atom stereocenters. The molecule has 0 aliphatic rings. The van der Waals surface area contributed by atoms with Gasteiger partial charge in [0.2, 0.25) is 0 Å². The van der Waals surface area contributed by atoms with E-state index in [1.165, 1.54) is 32.4 Å². The van der Waals surface area contributed by atoms with E-state index in [1.54, 1.807) is 0 Å². The Hall–Kier alpha value is -3.23. The van der Waals surface area contributed by atoms with Crippen LogP contribution in [0.25, 0.3) is 0 Å². The first kappa shape index (κ1) is 20.1. The van der Waals surface area contributed by atoms with Crippen molar-refractivity contribution in [3.05, 3.63) is 53.4 Å². The van der Waals surface area contributed by atoms with Crippen LogP contribution in [0.5, 0.6) is 11.5 Å². The summed E-state index contributed by atoms with van der Waals surface area (Å²) >= 11 is 0. The Kier molecular flexibility index (Phi) is 6.64. The highest BCUT2D eigenvalue weighted by atomic mass is 19.1. The molecule has 1 heterocycles. The molecule has 2 aromatic rings. The van der Waals surface area contributed by atoms with Crippen LogP contribution >= 0.6 is 0 Å². The molecule has 0 saturated heterocycles. The number of esters is 1. The topological polar surface area (TPSA) is 97.8 Å². The van der Waals surface area contributed by atoms with E-state index in [2.05, 4.69) is 10.3 Å². The highest BCUT2D eigenvalue weighted by molar-refractivity contribution is 5.97. The standard InChI is InChI=1S/C18H18F2N2O5/c1-10(7-11-3-4-12(19)8-13(11)20)27-15(23)9-22-18(25)16-17(24)14(26-2)5-6-21-16/h3-6,8,10,24H,7,9H2,1-2H3,(H,22,25). The first-order valence-corrected chi connectivity index (χ1v) is 7.95. The smallest absolute Gasteiger partial charge is 0.325 e. The molecule has 0 saturated carbocycles. The van der Waals surface area contributed by atoms with Crippen molar-refractivity contribution in [3.8, 4) is 11.5 Å². The lowest BCUT2D eigenvalue weighted by atomic mass is 10.1. The van der Waals surface area contributed by atoms with Crippen LogP contribution in [-0.2, 0) is 16.0 Å². The third-order valence-electron chi connectivity index (χ3n) is 3.57. The third-order valence-corrected chi connectivity index (χ3v) is 3.57. The van der Waals surface area contributed by atoms with E-state index in [9.17, 15) is 23.5 Å². The minimum atomic E-state index is -0.791. The SMILES string of the molecule is COc1ccnc(C(=O)NCC(=O)OC(C)Cc2ccc(F)cc2F)c1O. The number of amides is 1. The normalized spacial score (nSPS) is 11.6. The summed E-state index contributed by atoms with van der Waals surface area (Å²) in [4.78, 5) is 27.6. The number of nitrogens with one attached hydrogen (secondary N) is 1. The summed E-state index contributed by atoms with van der Waals surface area (Å²) in [5.74, 6) is -3.37. The quantitative estimate of drug-likeness (QED) is 0.713. The number of aromatic nitrogens is 1. The van der Waals surface area contributed by atoms with Crippen molar-refractivity contribution in [2.24, 2.45) is 0 Å². The molecule has 1 aromatic carbocycles. The molecule has 144 valence electrons. The summed E-state index contributed by atoms with van der Waals surface area (Å²) in [5.41, 5.74) is -0.102. The second kappa shape index (κ2) is 8.93. The maximum Gasteiger partial charge on any atom is 0.325 e. The number of halogens is 2. The van der Waals surface area contributed by atoms with Crippen molar-refractivity contribution in [1.29, 1.82) is 0 Å². The molecule has 2 rings (SSSR count). The maximum absolute atomic E-state index is 13.6. The average Bonchev–Trinajstić information content (AvgIpc) is 2.62. The molecule has 0 aliphatic heterocycles. The molecule has 0 fully saturated rings. The zero-order chi connectivity index (χ0) is 20.0. The van der Waals surface area contributed by atoms with E-state index in [1.807, 2.05) is 0 Å². The van der Waals surface area contributed by atoms with Crippen molar-refractivity contribution in [1.82, 2.24) is 10.3 Å². The van der Waals surface area contributed by atoms with Crippen molar-refractivity contribution < 1.29 is 33.0 Å². The number of hydrogen-bond acceptors (Lipinski definition) is 6. The predicted molar refractivity (Wildman–Crippen MR) is 90.4 cm³/mol. The first-order chi connectivity index (χ1) is 12.8. The molecule has 0 bridgehead atoms. The third kappa shape index (κ3) is 5.37. The van der Waals surface area contributed by atoms with Gasteiger partial charge in [-0.3, -0.25) is 9.59 Å². The van der Waals surface area contributed by atoms with Gasteiger partial charge in [-0.2, -0.15) is 0 Å². The van der Waals surface area contributed by atoms with Crippen molar-refractivity contribution in [2.75, 3.05) is 13.7 Å². The van der Waals surface area contributed by atoms with Crippen LogP contribution in [0.15, 0.2) is 30.5 Å². The Labute approximate surface area is 153 Å². The fourth-order valence-corrected chi connectivity index (χ4v) is 2.31. The lowest BCUT2D eigenvalue weighted by Gasteiger charge is -2.14. The van der Waals surface area contributed by atoms with Crippen LogP contribution in [0.1, 0.15) is 23.0 Å². The van der Waals surface area contributed by atoms with Crippen LogP contribution in [0.4, 0.5) is 8.78 Å². The molecule has 1 amide bonds. The molecule has 0 spiro atoms. The number of hydrogen-bond donors (Lipinski definition) is 2. The number of carbonyl (C=O) groups is 2. The van der Waals surface area contributed by atoms with Gasteiger partial charge in [-0.25, -0.2) is 13.8 Å². The van der Waals surface area contributed by atoms with Crippen LogP contribution in [0.2, 0.25) is 0 Å². The summed E-state index contributed by atoms with van der Waals surface area (Å²) in [6.07, 6.45) is 0.618. The Morgan fingerprint density at radius 2 is 2.04 bits per heavy atom. The summed E-state index contributed by atoms with van der Waals surface area (Å²) in [5, 5.41) is 12.1. The number of ether oxygens (including phenoxy) is 2. The summed E-state index contributed by atoms with van der Waals surface area (Å²) < 4.78 is 36.5. The van der Waals surface area contributed by atoms with Crippen molar-refractivity contribution in [3.63, 3.8) is 0 Å². The van der Waals surface area contributed by atoms with Gasteiger partial charge < -0.3 is 19.9 Å². The van der Waals surface area contributed by atoms with Crippen LogP contribution in [-0.4, -0.2) is 41.7 Å². The maximum atomic E-state index is 13.6. The van der Waals surface area contributed by atoms with Gasteiger partial charge in [-0.15, -0.1) is 0 Å². The van der Waals surface area contributed by atoms with Crippen LogP contribution in [0, 0.1) is 11.6 Å². The zero-order valence-corrected chi connectivity index (χ0v) is 14.7. The number of rotatable bonds is 7. The summed E-state index contributed by atoms with van der Waals surface area (Å²) in [6, 6.07) is 4.50. The van der Waals surface area contributed by atoms with Gasteiger partial charge in [0.25, 0.3) is 5.91 Å². The van der Waals surface area contributed by atoms with Crippen molar-refractivity contribution in [2.45, 2.75) is 19.4 Å². The second-order valence-electron chi connectivity index (χ2n) is 5.63. The lowest BCUT2D eigenvalue weighted by Crippen LogP contribution is -2.33. The molecular formula is C18H18F2N2O5. The molecule has 0 radical (unpaired) electrons. The van der Waals surface area contributed by atoms with Crippen molar-refractivity contribution >= 4 is 11.9 Å². The lowest BCUT2D eigenvalue weighted by molar-refractivity contribution is -0.146. The number of pyridine rings is 1. The van der Waals surface area contributed by atoms with Gasteiger partial charge in [-0.05, 0) is 18.6 Å². The zero-order valence-electron chi connectivity index (χ0n) is 14.7. The number of carbonyl (C=O) groups excluding carboxylic acids is 2. The van der Waals surface area contributed by atoms with Gasteiger partial charge in [-0.1, -0.05) is 6.07 Å². The molecular weight excluding hydrogens is 362 g/mol. The van der Waals surface area contributed by atoms with E-state index >= 15 is 0 Å². The highest BCUT2D eigenvalue weighted by Crippen LogP contribution is 2.27. The van der Waals surface area contributed by atoms with Gasteiger partial charge in [0.05, 0.1) is 7.11 Å². The Bertz CT molecular complexity index is 844. The Balaban J connectivity index is 1.87. The van der Waals surface area contributed by atoms with E-state index < -0.39 is 41.9 Å². The van der Waals surface area contributed by atoms with Gasteiger partial charge >= 0.3 is 5.97 Å². The van der Waals surface area contributed by atoms with Gasteiger partial charge in [0, 0.05) is 24.8 Å². The largest absolute Gasteiger partial charge is 0.503 e. The fourth-order valence-electron chi connectivity index (χ4n) is 2.31. The molecule has 27 heavy (non-hydrogen) atoms. The van der Waals surface area contributed by atoms with Gasteiger partial charge in [0.1, 0.15) is 24.3 Å². The van der Waals surface area contributed by atoms with E-state index in [-0.39, 0.29) is 23.4 Å². The molecule has 0 aliphatic carbocycles. The number of nitrogens with zero attached hydrogens (tertiary/aromatic N) is 1. The number of benzene rings is 1. The summed E-state index contributed by atoms with van der Waals surface area (Å²) in [6.45, 7) is 1.06. The van der Waals surface area contributed by atoms with E-state index in [0.717, 1.165) is 12.1 Å². The van der Waals surface area contributed by atoms with Gasteiger partial charge in [0.15, 0.2) is 17.2 Å². The second-order valence-corrected chi connectivity index (χ2v) is 5.63. The Morgan fingerprint density at radius 3 is 2.70 bits per heavy atom. The minimum Gasteiger partial charge on any atom is -0.503 e. The first-order valence-electron chi connectivity index (χ1n) is 7.95. The number of methoxy groups -OCH3 is 1. The number of aromatic hydroxyl groups is 1. The Morgan fingerprint density at radius 1 is 1.30 bits per heavy atom. The van der Waals surface area contributed by atoms with E-state index in [0.29, 0.717) is 0 Å². The minimum absolute atomic E-state index is 0.0457. The fraction of sp³-hybridized carbons (Fsp3) is 0.278. The monoisotopic (exact) mass is 380 g/mol. The highest BCUT2D eigenvalue weighted by Gasteiger charge is 2.19. The summed E-state index contributed by atoms with van der Waals surface area (Å²) in [7, 11) is 1.32. The molecule has 7 nitrogen and oxygen atoms in total. The molecule has 1 aromatic heterocycles. The van der Waals surface area contributed by atoms with Crippen LogP contribution < -0.4 is 10.1 Å². The molecule has 9 heteroatoms. The predicted octanol–water partition coefficient (Wildman–Crippen LogP) is 1.98. The van der Waals surface area contributed by atoms with E-state index in [4.69, 9.17) is 9.47 Å². The average molecular weight is 380 g/mol.